The summed E-state index contributed by atoms with van der Waals surface area (Å²) in [6, 6.07) is 41.2. The van der Waals surface area contributed by atoms with Gasteiger partial charge in [0.15, 0.2) is 6.29 Å². The lowest BCUT2D eigenvalue weighted by Crippen LogP contribution is -2.72. The van der Waals surface area contributed by atoms with E-state index in [-0.39, 0.29) is 16.7 Å². The number of methoxy groups -OCH3 is 1. The Labute approximate surface area is 282 Å². The normalized spacial score (nSPS) is 22.6. The molecule has 0 amide bonds. The van der Waals surface area contributed by atoms with Gasteiger partial charge in [0.05, 0.1) is 6.61 Å². The van der Waals surface area contributed by atoms with Gasteiger partial charge in [-0.25, -0.2) is 0 Å². The minimum Gasteiger partial charge on any atom is -0.405 e. The van der Waals surface area contributed by atoms with Crippen molar-refractivity contribution in [1.29, 1.82) is 0 Å². The molecule has 4 aromatic carbocycles. The van der Waals surface area contributed by atoms with E-state index in [9.17, 15) is 10.2 Å². The van der Waals surface area contributed by atoms with Crippen molar-refractivity contribution in [2.45, 2.75) is 82.3 Å². The highest BCUT2D eigenvalue weighted by Crippen LogP contribution is 2.41. The fraction of sp³-hybridized carbons (Fsp3) is 0.385. The van der Waals surface area contributed by atoms with Gasteiger partial charge in [0.2, 0.25) is 0 Å². The van der Waals surface area contributed by atoms with Gasteiger partial charge in [0, 0.05) is 7.11 Å². The summed E-state index contributed by atoms with van der Waals surface area (Å²) in [5.74, 6) is 0. The van der Waals surface area contributed by atoms with Crippen LogP contribution in [-0.4, -0.2) is 71.3 Å². The predicted molar refractivity (Wildman–Crippen MR) is 194 cm³/mol. The maximum absolute atomic E-state index is 12.2. The Kier molecular flexibility index (Phi) is 10.7. The molecule has 1 heterocycles. The second-order valence-electron chi connectivity index (χ2n) is 14.5. The zero-order valence-electron chi connectivity index (χ0n) is 28.7. The van der Waals surface area contributed by atoms with Gasteiger partial charge in [0.1, 0.15) is 24.4 Å². The van der Waals surface area contributed by atoms with Crippen molar-refractivity contribution >= 4 is 37.4 Å². The van der Waals surface area contributed by atoms with Crippen molar-refractivity contribution in [3.63, 3.8) is 0 Å². The number of rotatable bonds is 10. The average Bonchev–Trinajstić information content (AvgIpc) is 3.06. The van der Waals surface area contributed by atoms with Crippen LogP contribution in [-0.2, 0) is 18.3 Å². The Balaban J connectivity index is 1.57. The SMILES string of the molecule is CO[C@H]1O[C@H](CO[Si](c2ccccc2)(c2ccccc2)C(C)(C)C)[C@H](O)[C@H](O[Si](c2ccccc2)(c2ccccc2)C(C)(C)C)[C@H]1O. The molecule has 0 unspecified atom stereocenters. The Bertz CT molecular complexity index is 1460. The van der Waals surface area contributed by atoms with Crippen LogP contribution in [0.2, 0.25) is 10.1 Å². The Hall–Kier alpha value is -2.93. The second kappa shape index (κ2) is 14.3. The summed E-state index contributed by atoms with van der Waals surface area (Å²) in [7, 11) is -4.59. The molecule has 0 aliphatic carbocycles. The largest absolute Gasteiger partial charge is 0.405 e. The molecule has 0 saturated carbocycles. The Morgan fingerprint density at radius 3 is 1.28 bits per heavy atom. The lowest BCUT2D eigenvalue weighted by molar-refractivity contribution is -0.290. The molecule has 1 fully saturated rings. The van der Waals surface area contributed by atoms with Gasteiger partial charge in [-0.2, -0.15) is 0 Å². The van der Waals surface area contributed by atoms with Gasteiger partial charge in [-0.05, 0) is 30.8 Å². The number of ether oxygens (including phenoxy) is 2. The first-order chi connectivity index (χ1) is 22.4. The van der Waals surface area contributed by atoms with E-state index >= 15 is 0 Å². The molecule has 5 atom stereocenters. The van der Waals surface area contributed by atoms with Crippen molar-refractivity contribution in [2.75, 3.05) is 13.7 Å². The van der Waals surface area contributed by atoms with Gasteiger partial charge in [-0.1, -0.05) is 163 Å². The zero-order valence-corrected chi connectivity index (χ0v) is 30.7. The molecule has 0 bridgehead atoms. The lowest BCUT2D eigenvalue weighted by atomic mass is 9.99. The molecule has 8 heteroatoms. The van der Waals surface area contributed by atoms with Gasteiger partial charge < -0.3 is 28.5 Å². The molecular formula is C39H50O6Si2. The van der Waals surface area contributed by atoms with Crippen molar-refractivity contribution < 1.29 is 28.5 Å². The van der Waals surface area contributed by atoms with Crippen molar-refractivity contribution in [2.24, 2.45) is 0 Å². The molecule has 47 heavy (non-hydrogen) atoms. The van der Waals surface area contributed by atoms with E-state index in [0.717, 1.165) is 20.7 Å². The van der Waals surface area contributed by atoms with Gasteiger partial charge in [-0.15, -0.1) is 0 Å². The van der Waals surface area contributed by atoms with E-state index in [1.165, 1.54) is 7.11 Å². The number of hydrogen-bond acceptors (Lipinski definition) is 6. The van der Waals surface area contributed by atoms with Crippen LogP contribution < -0.4 is 20.7 Å². The molecule has 1 aliphatic heterocycles. The van der Waals surface area contributed by atoms with Gasteiger partial charge in [-0.3, -0.25) is 0 Å². The zero-order chi connectivity index (χ0) is 33.9. The number of benzene rings is 4. The van der Waals surface area contributed by atoms with Crippen LogP contribution in [0.25, 0.3) is 0 Å². The summed E-state index contributed by atoms with van der Waals surface area (Å²) in [6.07, 6.45) is -5.28. The topological polar surface area (TPSA) is 77.4 Å². The average molecular weight is 671 g/mol. The van der Waals surface area contributed by atoms with Gasteiger partial charge >= 0.3 is 0 Å². The molecule has 1 aliphatic rings. The van der Waals surface area contributed by atoms with Crippen molar-refractivity contribution in [3.8, 4) is 0 Å². The van der Waals surface area contributed by atoms with Crippen LogP contribution in [0.5, 0.6) is 0 Å². The molecule has 5 rings (SSSR count). The maximum Gasteiger partial charge on any atom is 0.261 e. The quantitative estimate of drug-likeness (QED) is 0.240. The predicted octanol–water partition coefficient (Wildman–Crippen LogP) is 4.60. The summed E-state index contributed by atoms with van der Waals surface area (Å²) in [5, 5.41) is 27.6. The van der Waals surface area contributed by atoms with Crippen LogP contribution in [0.1, 0.15) is 41.5 Å². The fourth-order valence-electron chi connectivity index (χ4n) is 7.24. The lowest BCUT2D eigenvalue weighted by Gasteiger charge is -2.50. The summed E-state index contributed by atoms with van der Waals surface area (Å²) in [5.41, 5.74) is 0. The highest BCUT2D eigenvalue weighted by molar-refractivity contribution is 7.00. The standard InChI is InChI=1S/C39H50O6Si2/c1-38(2,3)46(29-20-12-8-13-21-29,30-22-14-9-15-23-30)43-28-33-34(40)36(35(41)37(42-7)44-33)45-47(39(4,5)6,31-24-16-10-17-25-31)32-26-18-11-19-27-32/h8-27,33-37,40-41H,28H2,1-7H3/t33-,34+,35-,36+,37+/m1/s1. The summed E-state index contributed by atoms with van der Waals surface area (Å²) < 4.78 is 26.5. The molecular weight excluding hydrogens is 621 g/mol. The first kappa shape index (κ1) is 35.4. The minimum absolute atomic E-state index is 0.0850. The first-order valence-electron chi connectivity index (χ1n) is 16.4. The van der Waals surface area contributed by atoms with Crippen LogP contribution >= 0.6 is 0 Å². The van der Waals surface area contributed by atoms with Crippen LogP contribution in [0.4, 0.5) is 0 Å². The van der Waals surface area contributed by atoms with E-state index in [2.05, 4.69) is 90.1 Å². The van der Waals surface area contributed by atoms with Crippen molar-refractivity contribution in [1.82, 2.24) is 0 Å². The van der Waals surface area contributed by atoms with E-state index in [1.54, 1.807) is 0 Å². The molecule has 250 valence electrons. The molecule has 4 aromatic rings. The van der Waals surface area contributed by atoms with Crippen molar-refractivity contribution in [3.05, 3.63) is 121 Å². The molecule has 6 nitrogen and oxygen atoms in total. The Morgan fingerprint density at radius 2 is 0.936 bits per heavy atom. The number of hydrogen-bond donors (Lipinski definition) is 2. The number of aliphatic hydroxyl groups excluding tert-OH is 2. The second-order valence-corrected chi connectivity index (χ2v) is 23.0. The molecule has 0 radical (unpaired) electrons. The van der Waals surface area contributed by atoms with E-state index < -0.39 is 47.3 Å². The highest BCUT2D eigenvalue weighted by atomic mass is 28.4. The third kappa shape index (κ3) is 6.71. The van der Waals surface area contributed by atoms with E-state index in [0.29, 0.717) is 0 Å². The summed E-state index contributed by atoms with van der Waals surface area (Å²) >= 11 is 0. The smallest absolute Gasteiger partial charge is 0.261 e. The highest BCUT2D eigenvalue weighted by Gasteiger charge is 2.57. The summed E-state index contributed by atoms with van der Waals surface area (Å²) in [4.78, 5) is 0. The molecule has 2 N–H and O–H groups in total. The van der Waals surface area contributed by atoms with Crippen LogP contribution in [0.3, 0.4) is 0 Å². The van der Waals surface area contributed by atoms with E-state index in [4.69, 9.17) is 18.3 Å². The van der Waals surface area contributed by atoms with Crippen LogP contribution in [0, 0.1) is 0 Å². The maximum atomic E-state index is 12.2. The van der Waals surface area contributed by atoms with Crippen LogP contribution in [0.15, 0.2) is 121 Å². The monoisotopic (exact) mass is 670 g/mol. The summed E-state index contributed by atoms with van der Waals surface area (Å²) in [6.45, 7) is 13.3. The fourth-order valence-corrected chi connectivity index (χ4v) is 16.5. The third-order valence-electron chi connectivity index (χ3n) is 9.48. The first-order valence-corrected chi connectivity index (χ1v) is 20.3. The number of aliphatic hydroxyl groups is 2. The van der Waals surface area contributed by atoms with Gasteiger partial charge in [0.25, 0.3) is 16.6 Å². The molecule has 0 spiro atoms. The molecule has 1 saturated heterocycles. The molecule has 0 aromatic heterocycles. The minimum atomic E-state index is -3.15. The van der Waals surface area contributed by atoms with E-state index in [1.807, 2.05) is 72.8 Å². The third-order valence-corrected chi connectivity index (χ3v) is 19.5. The Morgan fingerprint density at radius 1 is 0.574 bits per heavy atom.